The molecule has 0 atom stereocenters. The number of rotatable bonds is 4. The van der Waals surface area contributed by atoms with Crippen LogP contribution in [0.25, 0.3) is 0 Å². The Morgan fingerprint density at radius 1 is 0.759 bits per heavy atom. The summed E-state index contributed by atoms with van der Waals surface area (Å²) in [6.07, 6.45) is 6.37. The number of hydrogen-bond donors (Lipinski definition) is 0. The van der Waals surface area contributed by atoms with E-state index in [1.807, 2.05) is 0 Å². The third kappa shape index (κ3) is 4.06. The highest BCUT2D eigenvalue weighted by molar-refractivity contribution is 5.96. The standard InChI is InChI=1S/C21H24O8/c1-24-17-7-13(3-5-15(17)22)19-26-9-21(10-27-19)11-28-20(29-12-21)14-4-6-16(23)18(8-14)25-2/h3-4,7-8,19-20H,5-6,9-12H2,1-2H3. The molecule has 0 aromatic rings. The molecule has 0 aromatic heterocycles. The van der Waals surface area contributed by atoms with E-state index in [0.29, 0.717) is 37.9 Å². The van der Waals surface area contributed by atoms with Crippen LogP contribution in [0, 0.1) is 5.41 Å². The molecule has 8 nitrogen and oxygen atoms in total. The Morgan fingerprint density at radius 2 is 1.14 bits per heavy atom. The van der Waals surface area contributed by atoms with E-state index in [0.717, 1.165) is 11.1 Å². The summed E-state index contributed by atoms with van der Waals surface area (Å²) in [6, 6.07) is 0. The van der Waals surface area contributed by atoms with Gasteiger partial charge >= 0.3 is 0 Å². The summed E-state index contributed by atoms with van der Waals surface area (Å²) in [4.78, 5) is 23.5. The fourth-order valence-corrected chi connectivity index (χ4v) is 3.62. The van der Waals surface area contributed by atoms with Crippen LogP contribution in [-0.4, -0.2) is 64.8 Å². The maximum absolute atomic E-state index is 11.7. The van der Waals surface area contributed by atoms with E-state index in [1.165, 1.54) is 14.2 Å². The Balaban J connectivity index is 1.33. The number of hydrogen-bond acceptors (Lipinski definition) is 8. The molecule has 0 bridgehead atoms. The average Bonchev–Trinajstić information content (AvgIpc) is 2.76. The fourth-order valence-electron chi connectivity index (χ4n) is 3.62. The first-order valence-corrected chi connectivity index (χ1v) is 9.48. The van der Waals surface area contributed by atoms with Gasteiger partial charge in [-0.05, 0) is 12.2 Å². The van der Waals surface area contributed by atoms with Crippen molar-refractivity contribution < 1.29 is 38.0 Å². The summed E-state index contributed by atoms with van der Waals surface area (Å²) in [6.45, 7) is 1.62. The molecule has 2 heterocycles. The number of carbonyl (C=O) groups is 2. The van der Waals surface area contributed by atoms with Crippen molar-refractivity contribution in [2.45, 2.75) is 25.4 Å². The molecule has 156 valence electrons. The van der Waals surface area contributed by atoms with Crippen LogP contribution in [0.4, 0.5) is 0 Å². The number of methoxy groups -OCH3 is 2. The Morgan fingerprint density at radius 3 is 1.48 bits per heavy atom. The van der Waals surface area contributed by atoms with E-state index in [2.05, 4.69) is 0 Å². The molecule has 0 N–H and O–H groups in total. The molecular weight excluding hydrogens is 380 g/mol. The van der Waals surface area contributed by atoms with Crippen LogP contribution in [0.15, 0.2) is 47.0 Å². The van der Waals surface area contributed by atoms with E-state index < -0.39 is 18.0 Å². The molecule has 0 unspecified atom stereocenters. The maximum Gasteiger partial charge on any atom is 0.201 e. The molecule has 2 fully saturated rings. The number of ether oxygens (including phenoxy) is 6. The van der Waals surface area contributed by atoms with Crippen molar-refractivity contribution >= 4 is 11.6 Å². The van der Waals surface area contributed by atoms with Gasteiger partial charge in [-0.1, -0.05) is 12.2 Å². The van der Waals surface area contributed by atoms with Crippen molar-refractivity contribution in [3.8, 4) is 0 Å². The molecule has 4 rings (SSSR count). The molecule has 2 saturated heterocycles. The first-order chi connectivity index (χ1) is 14.0. The van der Waals surface area contributed by atoms with E-state index in [4.69, 9.17) is 28.4 Å². The van der Waals surface area contributed by atoms with Gasteiger partial charge in [0.15, 0.2) is 24.1 Å². The van der Waals surface area contributed by atoms with Crippen LogP contribution in [0.1, 0.15) is 12.8 Å². The van der Waals surface area contributed by atoms with Crippen LogP contribution >= 0.6 is 0 Å². The molecular formula is C21H24O8. The van der Waals surface area contributed by atoms with Gasteiger partial charge in [0, 0.05) is 24.0 Å². The molecule has 2 aliphatic heterocycles. The molecule has 29 heavy (non-hydrogen) atoms. The van der Waals surface area contributed by atoms with Crippen LogP contribution in [0.3, 0.4) is 0 Å². The molecule has 2 aliphatic carbocycles. The Bertz CT molecular complexity index is 731. The first kappa shape index (κ1) is 20.0. The van der Waals surface area contributed by atoms with Crippen molar-refractivity contribution in [1.82, 2.24) is 0 Å². The van der Waals surface area contributed by atoms with E-state index in [1.54, 1.807) is 24.3 Å². The minimum Gasteiger partial charge on any atom is -0.493 e. The summed E-state index contributed by atoms with van der Waals surface area (Å²) >= 11 is 0. The number of carbonyl (C=O) groups excluding carboxylic acids is 2. The molecule has 1 spiro atoms. The Hall–Kier alpha value is -2.26. The minimum atomic E-state index is -0.546. The lowest BCUT2D eigenvalue weighted by atomic mass is 9.90. The van der Waals surface area contributed by atoms with Crippen LogP contribution in [0.2, 0.25) is 0 Å². The SMILES string of the molecule is COC1=CC(C2OCC3(CO2)COC(C2=CCC(=O)C(OC)=C2)OC3)=CCC1=O. The molecule has 8 heteroatoms. The highest BCUT2D eigenvalue weighted by Crippen LogP contribution is 2.35. The second-order valence-electron chi connectivity index (χ2n) is 7.50. The predicted octanol–water partition coefficient (Wildman–Crippen LogP) is 1.58. The quantitative estimate of drug-likeness (QED) is 0.698. The van der Waals surface area contributed by atoms with Crippen LogP contribution in [0.5, 0.6) is 0 Å². The molecule has 0 radical (unpaired) electrons. The zero-order chi connectivity index (χ0) is 20.4. The monoisotopic (exact) mass is 404 g/mol. The predicted molar refractivity (Wildman–Crippen MR) is 99.4 cm³/mol. The number of ketones is 2. The van der Waals surface area contributed by atoms with Gasteiger partial charge in [0.25, 0.3) is 0 Å². The van der Waals surface area contributed by atoms with Gasteiger partial charge in [0.1, 0.15) is 0 Å². The fraction of sp³-hybridized carbons (Fsp3) is 0.524. The lowest BCUT2D eigenvalue weighted by Gasteiger charge is -2.44. The van der Waals surface area contributed by atoms with Gasteiger partial charge < -0.3 is 28.4 Å². The van der Waals surface area contributed by atoms with Crippen molar-refractivity contribution in [1.29, 1.82) is 0 Å². The average molecular weight is 404 g/mol. The molecule has 0 aromatic carbocycles. The van der Waals surface area contributed by atoms with Crippen molar-refractivity contribution in [3.05, 3.63) is 47.0 Å². The highest BCUT2D eigenvalue weighted by Gasteiger charge is 2.43. The zero-order valence-corrected chi connectivity index (χ0v) is 16.5. The Kier molecular flexibility index (Phi) is 5.69. The summed E-state index contributed by atoms with van der Waals surface area (Å²) in [7, 11) is 2.94. The molecule has 0 amide bonds. The van der Waals surface area contributed by atoms with Crippen LogP contribution in [-0.2, 0) is 38.0 Å². The normalized spacial score (nSPS) is 32.9. The number of Topliss-reactive ketones (excluding diaryl/α,β-unsaturated/α-hetero) is 2. The van der Waals surface area contributed by atoms with Crippen molar-refractivity contribution in [2.75, 3.05) is 40.6 Å². The largest absolute Gasteiger partial charge is 0.493 e. The van der Waals surface area contributed by atoms with Gasteiger partial charge in [0.2, 0.25) is 11.6 Å². The van der Waals surface area contributed by atoms with Gasteiger partial charge in [-0.3, -0.25) is 9.59 Å². The molecule has 4 aliphatic rings. The number of allylic oxidation sites excluding steroid dienone is 4. The highest BCUT2D eigenvalue weighted by atomic mass is 16.7. The summed E-state index contributed by atoms with van der Waals surface area (Å²) in [5.41, 5.74) is 1.16. The van der Waals surface area contributed by atoms with E-state index in [-0.39, 0.29) is 24.4 Å². The Labute approximate surface area is 168 Å². The van der Waals surface area contributed by atoms with Gasteiger partial charge in [-0.2, -0.15) is 0 Å². The smallest absolute Gasteiger partial charge is 0.201 e. The second-order valence-corrected chi connectivity index (χ2v) is 7.50. The summed E-state index contributed by atoms with van der Waals surface area (Å²) in [5.74, 6) is 0.496. The first-order valence-electron chi connectivity index (χ1n) is 9.48. The van der Waals surface area contributed by atoms with E-state index in [9.17, 15) is 9.59 Å². The lowest BCUT2D eigenvalue weighted by Crippen LogP contribution is -2.52. The van der Waals surface area contributed by atoms with E-state index >= 15 is 0 Å². The van der Waals surface area contributed by atoms with Crippen LogP contribution < -0.4 is 0 Å². The summed E-state index contributed by atoms with van der Waals surface area (Å²) < 4.78 is 33.9. The zero-order valence-electron chi connectivity index (χ0n) is 16.5. The topological polar surface area (TPSA) is 89.5 Å². The van der Waals surface area contributed by atoms with Gasteiger partial charge in [-0.25, -0.2) is 0 Å². The van der Waals surface area contributed by atoms with Crippen molar-refractivity contribution in [2.24, 2.45) is 5.41 Å². The maximum atomic E-state index is 11.7. The van der Waals surface area contributed by atoms with Gasteiger partial charge in [0.05, 0.1) is 46.1 Å². The third-order valence-corrected chi connectivity index (χ3v) is 5.34. The lowest BCUT2D eigenvalue weighted by molar-refractivity contribution is -0.286. The minimum absolute atomic E-state index is 0.0620. The van der Waals surface area contributed by atoms with Crippen molar-refractivity contribution in [3.63, 3.8) is 0 Å². The van der Waals surface area contributed by atoms with Gasteiger partial charge in [-0.15, -0.1) is 0 Å². The summed E-state index contributed by atoms with van der Waals surface area (Å²) in [5, 5.41) is 0. The third-order valence-electron chi connectivity index (χ3n) is 5.34. The second kappa shape index (κ2) is 8.23. The molecule has 0 saturated carbocycles.